The molecule has 1 saturated carbocycles. The molecule has 5 rings (SSSR count). The molecule has 0 aromatic carbocycles. The summed E-state index contributed by atoms with van der Waals surface area (Å²) in [6.45, 7) is 1.84. The summed E-state index contributed by atoms with van der Waals surface area (Å²) in [5, 5.41) is 25.6. The van der Waals surface area contributed by atoms with Gasteiger partial charge < -0.3 is 15.7 Å². The molecule has 4 aromatic heterocycles. The highest BCUT2D eigenvalue weighted by Crippen LogP contribution is 2.34. The van der Waals surface area contributed by atoms with Crippen molar-refractivity contribution in [1.82, 2.24) is 29.2 Å². The molecule has 1 aliphatic rings. The van der Waals surface area contributed by atoms with E-state index in [2.05, 4.69) is 30.8 Å². The zero-order valence-corrected chi connectivity index (χ0v) is 15.1. The molecule has 0 spiro atoms. The van der Waals surface area contributed by atoms with Gasteiger partial charge in [0.05, 0.1) is 11.3 Å². The summed E-state index contributed by atoms with van der Waals surface area (Å²) in [6.07, 6.45) is 6.82. The maximum absolute atomic E-state index is 9.91. The van der Waals surface area contributed by atoms with E-state index in [1.165, 1.54) is 0 Å². The van der Waals surface area contributed by atoms with Gasteiger partial charge in [0.1, 0.15) is 5.52 Å². The molecule has 27 heavy (non-hydrogen) atoms. The van der Waals surface area contributed by atoms with E-state index in [1.807, 2.05) is 44.6 Å². The number of anilines is 2. The van der Waals surface area contributed by atoms with Crippen LogP contribution in [-0.2, 0) is 0 Å². The van der Waals surface area contributed by atoms with Crippen molar-refractivity contribution in [2.45, 2.75) is 31.4 Å². The number of fused-ring (bicyclic) bond motifs is 2. The van der Waals surface area contributed by atoms with Crippen LogP contribution in [0.25, 0.3) is 22.4 Å². The van der Waals surface area contributed by atoms with Crippen LogP contribution in [0.15, 0.2) is 36.8 Å². The fourth-order valence-electron chi connectivity index (χ4n) is 3.71. The lowest BCUT2D eigenvalue weighted by Crippen LogP contribution is -2.48. The van der Waals surface area contributed by atoms with Gasteiger partial charge in [0.15, 0.2) is 11.5 Å². The lowest BCUT2D eigenvalue weighted by molar-refractivity contribution is -0.0236. The fourth-order valence-corrected chi connectivity index (χ4v) is 3.71. The second-order valence-corrected chi connectivity index (χ2v) is 7.25. The standard InChI is InChI=1S/C18H20N8O/c1-18(27)9-11(10-18)21-17-22-16(19-2)15-12(5-7-26(15)24-17)13-3-4-14-20-6-8-25(14)23-13/h3-8,11,27H,9-10H2,1-2H3,(H2,19,21,22,24). The highest BCUT2D eigenvalue weighted by atomic mass is 16.3. The van der Waals surface area contributed by atoms with Crippen molar-refractivity contribution < 1.29 is 5.11 Å². The Balaban J connectivity index is 1.55. The molecule has 1 fully saturated rings. The topological polar surface area (TPSA) is 105 Å². The predicted molar refractivity (Wildman–Crippen MR) is 102 cm³/mol. The third-order valence-corrected chi connectivity index (χ3v) is 4.98. The van der Waals surface area contributed by atoms with E-state index in [9.17, 15) is 5.11 Å². The zero-order chi connectivity index (χ0) is 18.6. The van der Waals surface area contributed by atoms with Crippen molar-refractivity contribution in [1.29, 1.82) is 0 Å². The second-order valence-electron chi connectivity index (χ2n) is 7.25. The van der Waals surface area contributed by atoms with Crippen LogP contribution in [0.5, 0.6) is 0 Å². The Bertz CT molecular complexity index is 1140. The van der Waals surface area contributed by atoms with Gasteiger partial charge in [-0.2, -0.15) is 10.1 Å². The van der Waals surface area contributed by atoms with Gasteiger partial charge in [0, 0.05) is 37.2 Å². The normalized spacial score (nSPS) is 22.1. The molecule has 4 heterocycles. The maximum Gasteiger partial charge on any atom is 0.243 e. The predicted octanol–water partition coefficient (Wildman–Crippen LogP) is 1.81. The SMILES string of the molecule is CNc1nc(NC2CC(C)(O)C2)nn2ccc(-c3ccc4nccn4n3)c12. The van der Waals surface area contributed by atoms with Gasteiger partial charge in [0.2, 0.25) is 5.95 Å². The monoisotopic (exact) mass is 364 g/mol. The van der Waals surface area contributed by atoms with E-state index in [0.29, 0.717) is 24.6 Å². The quantitative estimate of drug-likeness (QED) is 0.507. The summed E-state index contributed by atoms with van der Waals surface area (Å²) in [4.78, 5) is 8.85. The molecular formula is C18H20N8O. The van der Waals surface area contributed by atoms with Crippen molar-refractivity contribution in [3.8, 4) is 11.3 Å². The first kappa shape index (κ1) is 16.0. The van der Waals surface area contributed by atoms with Gasteiger partial charge in [-0.1, -0.05) is 0 Å². The minimum Gasteiger partial charge on any atom is -0.390 e. The molecule has 0 bridgehead atoms. The Morgan fingerprint density at radius 1 is 1.15 bits per heavy atom. The van der Waals surface area contributed by atoms with E-state index in [1.54, 1.807) is 15.2 Å². The molecule has 0 unspecified atom stereocenters. The number of nitrogens with zero attached hydrogens (tertiary/aromatic N) is 6. The van der Waals surface area contributed by atoms with Gasteiger partial charge in [-0.05, 0) is 38.0 Å². The number of aliphatic hydroxyl groups is 1. The fraction of sp³-hybridized carbons (Fsp3) is 0.333. The van der Waals surface area contributed by atoms with Crippen molar-refractivity contribution >= 4 is 22.9 Å². The van der Waals surface area contributed by atoms with E-state index in [-0.39, 0.29) is 6.04 Å². The van der Waals surface area contributed by atoms with E-state index >= 15 is 0 Å². The lowest BCUT2D eigenvalue weighted by atomic mass is 9.77. The molecule has 0 saturated heterocycles. The van der Waals surface area contributed by atoms with Crippen LogP contribution in [0, 0.1) is 0 Å². The molecule has 4 aromatic rings. The Hall–Kier alpha value is -3.20. The number of hydrogen-bond donors (Lipinski definition) is 3. The van der Waals surface area contributed by atoms with Gasteiger partial charge in [0.25, 0.3) is 0 Å². The van der Waals surface area contributed by atoms with Crippen LogP contribution in [0.3, 0.4) is 0 Å². The molecule has 1 aliphatic carbocycles. The van der Waals surface area contributed by atoms with Crippen molar-refractivity contribution in [2.24, 2.45) is 0 Å². The molecule has 0 aliphatic heterocycles. The molecule has 0 amide bonds. The van der Waals surface area contributed by atoms with Crippen LogP contribution in [-0.4, -0.2) is 53.0 Å². The van der Waals surface area contributed by atoms with Gasteiger partial charge in [-0.3, -0.25) is 0 Å². The van der Waals surface area contributed by atoms with Crippen LogP contribution >= 0.6 is 0 Å². The third-order valence-electron chi connectivity index (χ3n) is 4.98. The average molecular weight is 364 g/mol. The largest absolute Gasteiger partial charge is 0.390 e. The Kier molecular flexibility index (Phi) is 3.35. The van der Waals surface area contributed by atoms with Crippen LogP contribution in [0.4, 0.5) is 11.8 Å². The van der Waals surface area contributed by atoms with E-state index in [0.717, 1.165) is 22.4 Å². The zero-order valence-electron chi connectivity index (χ0n) is 15.1. The Morgan fingerprint density at radius 2 is 2.00 bits per heavy atom. The smallest absolute Gasteiger partial charge is 0.243 e. The van der Waals surface area contributed by atoms with Crippen LogP contribution in [0.1, 0.15) is 19.8 Å². The van der Waals surface area contributed by atoms with Crippen molar-refractivity contribution in [2.75, 3.05) is 17.7 Å². The molecule has 0 radical (unpaired) electrons. The Morgan fingerprint density at radius 3 is 2.78 bits per heavy atom. The Labute approximate surface area is 155 Å². The van der Waals surface area contributed by atoms with Crippen molar-refractivity contribution in [3.05, 3.63) is 36.8 Å². The van der Waals surface area contributed by atoms with Crippen LogP contribution in [0.2, 0.25) is 0 Å². The molecule has 9 nitrogen and oxygen atoms in total. The summed E-state index contributed by atoms with van der Waals surface area (Å²) in [5.74, 6) is 1.25. The van der Waals surface area contributed by atoms with Gasteiger partial charge in [-0.15, -0.1) is 5.10 Å². The number of imidazole rings is 1. The highest BCUT2D eigenvalue weighted by molar-refractivity contribution is 5.87. The van der Waals surface area contributed by atoms with Crippen LogP contribution < -0.4 is 10.6 Å². The number of aromatic nitrogens is 6. The van der Waals surface area contributed by atoms with E-state index in [4.69, 9.17) is 0 Å². The summed E-state index contributed by atoms with van der Waals surface area (Å²) >= 11 is 0. The molecular weight excluding hydrogens is 344 g/mol. The lowest BCUT2D eigenvalue weighted by Gasteiger charge is -2.41. The van der Waals surface area contributed by atoms with Crippen molar-refractivity contribution in [3.63, 3.8) is 0 Å². The first-order valence-electron chi connectivity index (χ1n) is 8.89. The number of hydrogen-bond acceptors (Lipinski definition) is 7. The van der Waals surface area contributed by atoms with Gasteiger partial charge in [-0.25, -0.2) is 14.0 Å². The molecule has 9 heteroatoms. The molecule has 3 N–H and O–H groups in total. The third kappa shape index (κ3) is 2.67. The summed E-state index contributed by atoms with van der Waals surface area (Å²) in [5.41, 5.74) is 2.82. The average Bonchev–Trinajstić information content (AvgIpc) is 3.25. The van der Waals surface area contributed by atoms with Gasteiger partial charge >= 0.3 is 0 Å². The first-order chi connectivity index (χ1) is 13.0. The molecule has 0 atom stereocenters. The minimum absolute atomic E-state index is 0.183. The highest BCUT2D eigenvalue weighted by Gasteiger charge is 2.38. The minimum atomic E-state index is -0.591. The summed E-state index contributed by atoms with van der Waals surface area (Å²) in [6, 6.07) is 6.04. The van der Waals surface area contributed by atoms with E-state index < -0.39 is 5.60 Å². The number of nitrogens with one attached hydrogen (secondary N) is 2. The number of rotatable bonds is 4. The first-order valence-corrected chi connectivity index (χ1v) is 8.89. The summed E-state index contributed by atoms with van der Waals surface area (Å²) < 4.78 is 3.55. The maximum atomic E-state index is 9.91. The molecule has 138 valence electrons. The second kappa shape index (κ2) is 5.65. The summed E-state index contributed by atoms with van der Waals surface area (Å²) in [7, 11) is 1.84.